The van der Waals surface area contributed by atoms with Crippen LogP contribution in [0.5, 0.6) is 0 Å². The standard InChI is InChI=1S/C16H17N3O3/c20-14-2-1-13(15(21)18-14)19-8-11-5-9-3-4-17-7-10(9)6-12(11)16(19)22/h5-6,13,17H,1-4,7-8H2,(H,18,20,21). The SMILES string of the molecule is O=C1CCC(N2Cc3cc4c(cc3C2=O)CNCC4)C(=O)N1. The van der Waals surface area contributed by atoms with Gasteiger partial charge in [-0.15, -0.1) is 0 Å². The van der Waals surface area contributed by atoms with E-state index in [1.54, 1.807) is 4.90 Å². The van der Waals surface area contributed by atoms with Gasteiger partial charge in [-0.25, -0.2) is 0 Å². The molecule has 3 amide bonds. The average molecular weight is 299 g/mol. The molecule has 6 heteroatoms. The number of hydrogen-bond acceptors (Lipinski definition) is 4. The van der Waals surface area contributed by atoms with Crippen molar-refractivity contribution in [1.82, 2.24) is 15.5 Å². The number of amides is 3. The molecule has 4 rings (SSSR count). The van der Waals surface area contributed by atoms with Crippen LogP contribution in [0.3, 0.4) is 0 Å². The molecule has 0 aliphatic carbocycles. The summed E-state index contributed by atoms with van der Waals surface area (Å²) < 4.78 is 0. The van der Waals surface area contributed by atoms with E-state index in [2.05, 4.69) is 16.7 Å². The summed E-state index contributed by atoms with van der Waals surface area (Å²) in [4.78, 5) is 37.5. The number of benzene rings is 1. The van der Waals surface area contributed by atoms with Gasteiger partial charge in [0.15, 0.2) is 0 Å². The van der Waals surface area contributed by atoms with Gasteiger partial charge in [0.25, 0.3) is 5.91 Å². The van der Waals surface area contributed by atoms with E-state index in [9.17, 15) is 14.4 Å². The fraction of sp³-hybridized carbons (Fsp3) is 0.438. The minimum Gasteiger partial charge on any atom is -0.322 e. The van der Waals surface area contributed by atoms with Gasteiger partial charge in [-0.2, -0.15) is 0 Å². The van der Waals surface area contributed by atoms with E-state index in [-0.39, 0.29) is 24.1 Å². The predicted molar refractivity (Wildman–Crippen MR) is 77.9 cm³/mol. The third kappa shape index (κ3) is 2.02. The molecule has 1 aromatic carbocycles. The van der Waals surface area contributed by atoms with E-state index in [4.69, 9.17) is 0 Å². The Morgan fingerprint density at radius 3 is 2.73 bits per heavy atom. The lowest BCUT2D eigenvalue weighted by molar-refractivity contribution is -0.136. The molecule has 114 valence electrons. The minimum atomic E-state index is -0.534. The van der Waals surface area contributed by atoms with E-state index in [0.29, 0.717) is 18.5 Å². The van der Waals surface area contributed by atoms with Crippen LogP contribution in [0.25, 0.3) is 0 Å². The minimum absolute atomic E-state index is 0.0992. The van der Waals surface area contributed by atoms with Crippen LogP contribution in [0, 0.1) is 0 Å². The van der Waals surface area contributed by atoms with Crippen molar-refractivity contribution >= 4 is 17.7 Å². The Hall–Kier alpha value is -2.21. The second-order valence-corrected chi connectivity index (χ2v) is 6.10. The molecule has 0 radical (unpaired) electrons. The van der Waals surface area contributed by atoms with Crippen LogP contribution < -0.4 is 10.6 Å². The third-order valence-corrected chi connectivity index (χ3v) is 4.73. The molecule has 0 bridgehead atoms. The van der Waals surface area contributed by atoms with Gasteiger partial charge in [0.1, 0.15) is 6.04 Å². The highest BCUT2D eigenvalue weighted by Crippen LogP contribution is 2.30. The Bertz CT molecular complexity index is 698. The van der Waals surface area contributed by atoms with Crippen molar-refractivity contribution in [2.45, 2.75) is 38.4 Å². The quantitative estimate of drug-likeness (QED) is 0.721. The summed E-state index contributed by atoms with van der Waals surface area (Å²) in [6, 6.07) is 3.54. The summed E-state index contributed by atoms with van der Waals surface area (Å²) >= 11 is 0. The molecule has 1 saturated heterocycles. The molecule has 2 N–H and O–H groups in total. The van der Waals surface area contributed by atoms with Gasteiger partial charge in [-0.1, -0.05) is 6.07 Å². The number of nitrogens with zero attached hydrogens (tertiary/aromatic N) is 1. The van der Waals surface area contributed by atoms with Crippen LogP contribution >= 0.6 is 0 Å². The van der Waals surface area contributed by atoms with Crippen molar-refractivity contribution in [3.8, 4) is 0 Å². The number of piperidine rings is 1. The maximum absolute atomic E-state index is 12.6. The molecular weight excluding hydrogens is 282 g/mol. The number of fused-ring (bicyclic) bond motifs is 2. The molecule has 0 spiro atoms. The number of rotatable bonds is 1. The van der Waals surface area contributed by atoms with E-state index < -0.39 is 6.04 Å². The fourth-order valence-corrected chi connectivity index (χ4v) is 3.55. The van der Waals surface area contributed by atoms with E-state index in [1.165, 1.54) is 11.1 Å². The highest BCUT2D eigenvalue weighted by molar-refractivity contribution is 6.05. The Morgan fingerprint density at radius 1 is 1.05 bits per heavy atom. The molecular formula is C16H17N3O3. The van der Waals surface area contributed by atoms with Gasteiger partial charge >= 0.3 is 0 Å². The smallest absolute Gasteiger partial charge is 0.255 e. The number of imide groups is 1. The van der Waals surface area contributed by atoms with Crippen molar-refractivity contribution in [1.29, 1.82) is 0 Å². The Kier molecular flexibility index (Phi) is 3.00. The molecule has 6 nitrogen and oxygen atoms in total. The normalized spacial score (nSPS) is 24.1. The summed E-state index contributed by atoms with van der Waals surface area (Å²) in [5.41, 5.74) is 4.15. The summed E-state index contributed by atoms with van der Waals surface area (Å²) in [5, 5.41) is 5.63. The maximum Gasteiger partial charge on any atom is 0.255 e. The van der Waals surface area contributed by atoms with Gasteiger partial charge in [0.05, 0.1) is 0 Å². The monoisotopic (exact) mass is 299 g/mol. The topological polar surface area (TPSA) is 78.5 Å². The first-order valence-electron chi connectivity index (χ1n) is 7.63. The number of nitrogens with one attached hydrogen (secondary N) is 2. The molecule has 3 aliphatic rings. The zero-order valence-corrected chi connectivity index (χ0v) is 12.1. The van der Waals surface area contributed by atoms with E-state index >= 15 is 0 Å². The maximum atomic E-state index is 12.6. The van der Waals surface area contributed by atoms with E-state index in [1.807, 2.05) is 6.07 Å². The van der Waals surface area contributed by atoms with Crippen LogP contribution in [0.2, 0.25) is 0 Å². The summed E-state index contributed by atoms with van der Waals surface area (Å²) in [6.45, 7) is 2.20. The fourth-order valence-electron chi connectivity index (χ4n) is 3.55. The van der Waals surface area contributed by atoms with Crippen LogP contribution in [-0.4, -0.2) is 35.2 Å². The van der Waals surface area contributed by atoms with E-state index in [0.717, 1.165) is 25.1 Å². The lowest BCUT2D eigenvalue weighted by Crippen LogP contribution is -2.52. The molecule has 1 aromatic rings. The van der Waals surface area contributed by atoms with Crippen molar-refractivity contribution in [2.24, 2.45) is 0 Å². The lowest BCUT2D eigenvalue weighted by Gasteiger charge is -2.29. The van der Waals surface area contributed by atoms with Gasteiger partial charge in [-0.05, 0) is 42.1 Å². The second kappa shape index (κ2) is 4.91. The Morgan fingerprint density at radius 2 is 1.91 bits per heavy atom. The van der Waals surface area contributed by atoms with Gasteiger partial charge in [0, 0.05) is 25.1 Å². The molecule has 0 saturated carbocycles. The zero-order valence-electron chi connectivity index (χ0n) is 12.1. The Labute approximate surface area is 127 Å². The first-order valence-corrected chi connectivity index (χ1v) is 7.63. The zero-order chi connectivity index (χ0) is 15.3. The van der Waals surface area contributed by atoms with Crippen molar-refractivity contribution in [3.05, 3.63) is 34.4 Å². The van der Waals surface area contributed by atoms with Gasteiger partial charge in [-0.3, -0.25) is 19.7 Å². The van der Waals surface area contributed by atoms with Gasteiger partial charge in [0.2, 0.25) is 11.8 Å². The van der Waals surface area contributed by atoms with Crippen molar-refractivity contribution in [3.63, 3.8) is 0 Å². The Balaban J connectivity index is 1.64. The molecule has 22 heavy (non-hydrogen) atoms. The molecule has 1 unspecified atom stereocenters. The molecule has 3 aliphatic heterocycles. The first kappa shape index (κ1) is 13.5. The summed E-state index contributed by atoms with van der Waals surface area (Å²) in [5.74, 6) is -0.714. The molecule has 3 heterocycles. The number of carbonyl (C=O) groups is 3. The highest BCUT2D eigenvalue weighted by atomic mass is 16.2. The number of hydrogen-bond donors (Lipinski definition) is 2. The largest absolute Gasteiger partial charge is 0.322 e. The van der Waals surface area contributed by atoms with Crippen molar-refractivity contribution < 1.29 is 14.4 Å². The number of carbonyl (C=O) groups excluding carboxylic acids is 3. The highest BCUT2D eigenvalue weighted by Gasteiger charge is 2.39. The first-order chi connectivity index (χ1) is 10.6. The lowest BCUT2D eigenvalue weighted by atomic mass is 9.95. The average Bonchev–Trinajstić information content (AvgIpc) is 2.82. The third-order valence-electron chi connectivity index (χ3n) is 4.73. The van der Waals surface area contributed by atoms with Crippen molar-refractivity contribution in [2.75, 3.05) is 6.54 Å². The predicted octanol–water partition coefficient (Wildman–Crippen LogP) is 0.0933. The molecule has 0 aromatic heterocycles. The van der Waals surface area contributed by atoms with Crippen LogP contribution in [0.4, 0.5) is 0 Å². The molecule has 1 fully saturated rings. The summed E-state index contributed by atoms with van der Waals surface area (Å²) in [6.07, 6.45) is 1.66. The van der Waals surface area contributed by atoms with Crippen LogP contribution in [-0.2, 0) is 29.1 Å². The van der Waals surface area contributed by atoms with Crippen LogP contribution in [0.15, 0.2) is 12.1 Å². The van der Waals surface area contributed by atoms with Gasteiger partial charge < -0.3 is 10.2 Å². The van der Waals surface area contributed by atoms with Crippen LogP contribution in [0.1, 0.15) is 39.9 Å². The molecule has 1 atom stereocenters. The summed E-state index contributed by atoms with van der Waals surface area (Å²) in [7, 11) is 0. The second-order valence-electron chi connectivity index (χ2n) is 6.10.